The number of aromatic nitrogens is 2. The summed E-state index contributed by atoms with van der Waals surface area (Å²) in [6.07, 6.45) is 0. The largest absolute Gasteiger partial charge is 0.435 e. The van der Waals surface area contributed by atoms with Crippen molar-refractivity contribution in [1.82, 2.24) is 9.55 Å². The zero-order chi connectivity index (χ0) is 37.5. The molecule has 12 aromatic rings. The molecule has 0 aliphatic heterocycles. The quantitative estimate of drug-likeness (QED) is 0.166. The third-order valence-corrected chi connectivity index (χ3v) is 11.5. The van der Waals surface area contributed by atoms with Crippen molar-refractivity contribution < 1.29 is 4.42 Å². The molecule has 10 aromatic carbocycles. The maximum atomic E-state index is 6.65. The first-order chi connectivity index (χ1) is 28.3. The van der Waals surface area contributed by atoms with Gasteiger partial charge in [0.15, 0.2) is 5.58 Å². The maximum Gasteiger partial charge on any atom is 0.227 e. The lowest BCUT2D eigenvalue weighted by molar-refractivity contribution is 0.623. The van der Waals surface area contributed by atoms with E-state index in [4.69, 9.17) is 9.40 Å². The van der Waals surface area contributed by atoms with E-state index in [1.54, 1.807) is 0 Å². The molecule has 266 valence electrons. The van der Waals surface area contributed by atoms with E-state index < -0.39 is 0 Å². The van der Waals surface area contributed by atoms with Gasteiger partial charge < -0.3 is 13.9 Å². The summed E-state index contributed by atoms with van der Waals surface area (Å²) in [5, 5.41) is 11.7. The molecule has 0 amide bonds. The van der Waals surface area contributed by atoms with Crippen molar-refractivity contribution >= 4 is 93.1 Å². The summed E-state index contributed by atoms with van der Waals surface area (Å²) in [7, 11) is 0. The number of hydrogen-bond donors (Lipinski definition) is 0. The van der Waals surface area contributed by atoms with Gasteiger partial charge in [-0.25, -0.2) is 4.98 Å². The molecule has 2 heterocycles. The molecule has 12 rings (SSSR count). The highest BCUT2D eigenvalue weighted by molar-refractivity contribution is 6.20. The smallest absolute Gasteiger partial charge is 0.227 e. The molecule has 0 N–H and O–H groups in total. The molecule has 0 bridgehead atoms. The van der Waals surface area contributed by atoms with Crippen LogP contribution in [0.2, 0.25) is 0 Å². The second kappa shape index (κ2) is 12.4. The highest BCUT2D eigenvalue weighted by Crippen LogP contribution is 2.46. The van der Waals surface area contributed by atoms with Gasteiger partial charge in [0.2, 0.25) is 5.89 Å². The molecule has 2 aromatic heterocycles. The van der Waals surface area contributed by atoms with Gasteiger partial charge in [0.05, 0.1) is 16.7 Å². The number of nitrogens with zero attached hydrogens (tertiary/aromatic N) is 3. The normalized spacial score (nSPS) is 11.9. The summed E-state index contributed by atoms with van der Waals surface area (Å²) >= 11 is 0. The molecule has 0 unspecified atom stereocenters. The van der Waals surface area contributed by atoms with Gasteiger partial charge in [-0.1, -0.05) is 127 Å². The van der Waals surface area contributed by atoms with Crippen LogP contribution in [0.1, 0.15) is 0 Å². The average molecular weight is 728 g/mol. The topological polar surface area (TPSA) is 34.2 Å². The van der Waals surface area contributed by atoms with Crippen molar-refractivity contribution in [3.8, 4) is 17.1 Å². The van der Waals surface area contributed by atoms with Gasteiger partial charge in [-0.05, 0) is 105 Å². The van der Waals surface area contributed by atoms with Crippen LogP contribution >= 0.6 is 0 Å². The molecule has 4 heteroatoms. The number of anilines is 3. The Morgan fingerprint density at radius 3 is 1.88 bits per heavy atom. The summed E-state index contributed by atoms with van der Waals surface area (Å²) in [5.74, 6) is 0.624. The van der Waals surface area contributed by atoms with E-state index in [-0.39, 0.29) is 0 Å². The predicted molar refractivity (Wildman–Crippen MR) is 238 cm³/mol. The minimum Gasteiger partial charge on any atom is -0.435 e. The van der Waals surface area contributed by atoms with E-state index in [9.17, 15) is 0 Å². The van der Waals surface area contributed by atoms with E-state index in [2.05, 4.69) is 179 Å². The monoisotopic (exact) mass is 727 g/mol. The van der Waals surface area contributed by atoms with Crippen LogP contribution in [-0.2, 0) is 0 Å². The molecular formula is C53H33N3O. The Balaban J connectivity index is 1.16. The van der Waals surface area contributed by atoms with Crippen LogP contribution in [0.25, 0.3) is 93.1 Å². The summed E-state index contributed by atoms with van der Waals surface area (Å²) in [6, 6.07) is 71.8. The van der Waals surface area contributed by atoms with Gasteiger partial charge in [-0.2, -0.15) is 0 Å². The fourth-order valence-corrected chi connectivity index (χ4v) is 8.95. The van der Waals surface area contributed by atoms with Crippen molar-refractivity contribution in [1.29, 1.82) is 0 Å². The molecule has 0 radical (unpaired) electrons. The van der Waals surface area contributed by atoms with Gasteiger partial charge in [-0.15, -0.1) is 0 Å². The molecule has 0 saturated carbocycles. The van der Waals surface area contributed by atoms with E-state index in [0.717, 1.165) is 61.0 Å². The third-order valence-electron chi connectivity index (χ3n) is 11.5. The number of rotatable bonds is 5. The van der Waals surface area contributed by atoms with Crippen LogP contribution in [0.5, 0.6) is 0 Å². The summed E-state index contributed by atoms with van der Waals surface area (Å²) < 4.78 is 9.03. The Hall–Kier alpha value is -7.69. The fourth-order valence-electron chi connectivity index (χ4n) is 8.95. The van der Waals surface area contributed by atoms with Crippen molar-refractivity contribution in [3.05, 3.63) is 200 Å². The second-order valence-electron chi connectivity index (χ2n) is 14.8. The first-order valence-corrected chi connectivity index (χ1v) is 19.4. The number of fused-ring (bicyclic) bond motifs is 11. The summed E-state index contributed by atoms with van der Waals surface area (Å²) in [6.45, 7) is 0. The second-order valence-corrected chi connectivity index (χ2v) is 14.8. The predicted octanol–water partition coefficient (Wildman–Crippen LogP) is 14.7. The molecule has 0 saturated heterocycles. The van der Waals surface area contributed by atoms with E-state index >= 15 is 0 Å². The van der Waals surface area contributed by atoms with Gasteiger partial charge in [0, 0.05) is 44.2 Å². The maximum absolute atomic E-state index is 6.65. The highest BCUT2D eigenvalue weighted by Gasteiger charge is 2.21. The van der Waals surface area contributed by atoms with E-state index in [1.807, 2.05) is 30.3 Å². The van der Waals surface area contributed by atoms with Gasteiger partial charge in [0.25, 0.3) is 0 Å². The highest BCUT2D eigenvalue weighted by atomic mass is 16.3. The molecule has 57 heavy (non-hydrogen) atoms. The average Bonchev–Trinajstić information content (AvgIpc) is 3.87. The zero-order valence-electron chi connectivity index (χ0n) is 30.8. The Kier molecular flexibility index (Phi) is 6.89. The third kappa shape index (κ3) is 4.91. The van der Waals surface area contributed by atoms with Crippen LogP contribution in [0, 0.1) is 0 Å². The summed E-state index contributed by atoms with van der Waals surface area (Å²) in [4.78, 5) is 7.40. The molecule has 4 nitrogen and oxygen atoms in total. The lowest BCUT2D eigenvalue weighted by Crippen LogP contribution is -2.11. The van der Waals surface area contributed by atoms with Crippen molar-refractivity contribution in [2.75, 3.05) is 4.90 Å². The van der Waals surface area contributed by atoms with Gasteiger partial charge >= 0.3 is 0 Å². The van der Waals surface area contributed by atoms with Gasteiger partial charge in [-0.3, -0.25) is 0 Å². The van der Waals surface area contributed by atoms with Crippen LogP contribution < -0.4 is 4.90 Å². The minimum absolute atomic E-state index is 0.624. The first kappa shape index (κ1) is 31.6. The SMILES string of the molecule is c1ccc(-c2nc3ccc4ccc5ccc(N(c6ccc7c(c6)c6ccccc6n7-c6ccccc6)c6cc7ccccc7c7ccccc67)cc5c4c3o2)cc1. The number of hydrogen-bond acceptors (Lipinski definition) is 3. The lowest BCUT2D eigenvalue weighted by atomic mass is 9.97. The lowest BCUT2D eigenvalue weighted by Gasteiger charge is -2.28. The van der Waals surface area contributed by atoms with Crippen molar-refractivity contribution in [2.24, 2.45) is 0 Å². The number of oxazole rings is 1. The first-order valence-electron chi connectivity index (χ1n) is 19.4. The molecule has 0 atom stereocenters. The molecule has 0 aliphatic carbocycles. The number of para-hydroxylation sites is 2. The van der Waals surface area contributed by atoms with E-state index in [0.29, 0.717) is 5.89 Å². The van der Waals surface area contributed by atoms with Crippen LogP contribution in [0.4, 0.5) is 17.1 Å². The molecule has 0 spiro atoms. The van der Waals surface area contributed by atoms with Gasteiger partial charge in [0.1, 0.15) is 5.52 Å². The Labute approximate surface area is 328 Å². The Morgan fingerprint density at radius 2 is 1.04 bits per heavy atom. The Bertz CT molecular complexity index is 3530. The van der Waals surface area contributed by atoms with Crippen molar-refractivity contribution in [2.45, 2.75) is 0 Å². The summed E-state index contributed by atoms with van der Waals surface area (Å²) in [5.41, 5.74) is 9.35. The zero-order valence-corrected chi connectivity index (χ0v) is 30.8. The van der Waals surface area contributed by atoms with Crippen LogP contribution in [0.15, 0.2) is 205 Å². The van der Waals surface area contributed by atoms with Crippen molar-refractivity contribution in [3.63, 3.8) is 0 Å². The standard InChI is InChI=1S/C53H33N3O/c1-3-13-36(14-4-1)53-54-47-29-26-35-24-23-34-25-27-39(32-45(34)51(35)52(47)57-53)55(50-31-37-15-7-8-18-41(37)42-19-9-10-20-43(42)50)40-28-30-49-46(33-40)44-21-11-12-22-48(44)56(49)38-16-5-2-6-17-38/h1-33H. The fraction of sp³-hybridized carbons (Fsp3) is 0. The molecule has 0 aliphatic rings. The van der Waals surface area contributed by atoms with Crippen LogP contribution in [-0.4, -0.2) is 9.55 Å². The minimum atomic E-state index is 0.624. The molecule has 0 fully saturated rings. The van der Waals surface area contributed by atoms with Crippen LogP contribution in [0.3, 0.4) is 0 Å². The Morgan fingerprint density at radius 1 is 0.421 bits per heavy atom. The molecular weight excluding hydrogens is 695 g/mol. The van der Waals surface area contributed by atoms with E-state index in [1.165, 1.54) is 43.4 Å². The number of benzene rings is 10.